The third-order valence-corrected chi connectivity index (χ3v) is 6.79. The number of allylic oxidation sites excluding steroid dienone is 1. The predicted molar refractivity (Wildman–Crippen MR) is 118 cm³/mol. The molecule has 1 saturated carbocycles. The van der Waals surface area contributed by atoms with Gasteiger partial charge in [-0.25, -0.2) is 0 Å². The van der Waals surface area contributed by atoms with Gasteiger partial charge in [0.2, 0.25) is 0 Å². The Bertz CT molecular complexity index is 821. The van der Waals surface area contributed by atoms with Crippen molar-refractivity contribution in [3.63, 3.8) is 0 Å². The smallest absolute Gasteiger partial charge is 0.00574 e. The van der Waals surface area contributed by atoms with E-state index in [1.807, 2.05) is 0 Å². The lowest BCUT2D eigenvalue weighted by atomic mass is 9.67. The van der Waals surface area contributed by atoms with Gasteiger partial charge in [-0.2, -0.15) is 0 Å². The Morgan fingerprint density at radius 3 is 2.37 bits per heavy atom. The van der Waals surface area contributed by atoms with E-state index in [2.05, 4.69) is 63.2 Å². The monoisotopic (exact) mass is 358 g/mol. The molecule has 4 rings (SSSR count). The molecule has 0 amide bonds. The molecule has 0 atom stereocenters. The van der Waals surface area contributed by atoms with Crippen LogP contribution < -0.4 is 0 Å². The van der Waals surface area contributed by atoms with Crippen molar-refractivity contribution in [1.82, 2.24) is 0 Å². The van der Waals surface area contributed by atoms with Crippen LogP contribution in [0.5, 0.6) is 0 Å². The topological polar surface area (TPSA) is 0 Å². The second-order valence-corrected chi connectivity index (χ2v) is 9.22. The van der Waals surface area contributed by atoms with Crippen LogP contribution in [0, 0.1) is 19.3 Å². The lowest BCUT2D eigenvalue weighted by Gasteiger charge is -2.38. The fraction of sp³-hybridized carbons (Fsp3) is 0.481. The fourth-order valence-electron chi connectivity index (χ4n) is 5.76. The summed E-state index contributed by atoms with van der Waals surface area (Å²) in [5, 5.41) is 0. The zero-order valence-electron chi connectivity index (χ0n) is 17.4. The number of rotatable bonds is 5. The average molecular weight is 359 g/mol. The van der Waals surface area contributed by atoms with E-state index in [0.717, 1.165) is 0 Å². The highest BCUT2D eigenvalue weighted by atomic mass is 14.4. The normalized spacial score (nSPS) is 18.3. The van der Waals surface area contributed by atoms with Crippen LogP contribution in [0.25, 0.3) is 17.2 Å². The number of hydrogen-bond donors (Lipinski definition) is 0. The Morgan fingerprint density at radius 1 is 0.926 bits per heavy atom. The van der Waals surface area contributed by atoms with Crippen LogP contribution in [0.2, 0.25) is 0 Å². The summed E-state index contributed by atoms with van der Waals surface area (Å²) in [6.07, 6.45) is 15.0. The van der Waals surface area contributed by atoms with Gasteiger partial charge >= 0.3 is 0 Å². The Labute approximate surface area is 165 Å². The molecule has 2 aliphatic carbocycles. The first-order chi connectivity index (χ1) is 13.1. The van der Waals surface area contributed by atoms with E-state index in [-0.39, 0.29) is 0 Å². The predicted octanol–water partition coefficient (Wildman–Crippen LogP) is 8.05. The van der Waals surface area contributed by atoms with Gasteiger partial charge in [0.25, 0.3) is 0 Å². The number of aryl methyl sites for hydroxylation is 2. The van der Waals surface area contributed by atoms with Crippen LogP contribution in [0.1, 0.15) is 80.5 Å². The minimum Gasteiger partial charge on any atom is -0.0654 e. The first-order valence-corrected chi connectivity index (χ1v) is 11.0. The minimum atomic E-state index is 0.584. The lowest BCUT2D eigenvalue weighted by Crippen LogP contribution is -2.24. The summed E-state index contributed by atoms with van der Waals surface area (Å²) in [5.41, 5.74) is 10.8. The standard InChI is InChI=1S/C27H34/c1-4-11-27(12-6-5-7-13-27)19-22-17-23-9-8-10-25(26(23)18-22)24-15-20(2)14-21(3)16-24/h8-10,14-16,18H,4-7,11-13,17,19H2,1-3H3. The van der Waals surface area contributed by atoms with Crippen molar-refractivity contribution in [3.05, 3.63) is 64.2 Å². The van der Waals surface area contributed by atoms with Gasteiger partial charge < -0.3 is 0 Å². The molecule has 142 valence electrons. The van der Waals surface area contributed by atoms with E-state index in [9.17, 15) is 0 Å². The van der Waals surface area contributed by atoms with Crippen molar-refractivity contribution in [2.45, 2.75) is 78.6 Å². The van der Waals surface area contributed by atoms with Crippen molar-refractivity contribution >= 4 is 6.08 Å². The van der Waals surface area contributed by atoms with Crippen molar-refractivity contribution < 1.29 is 0 Å². The Hall–Kier alpha value is -1.82. The number of hydrogen-bond acceptors (Lipinski definition) is 0. The van der Waals surface area contributed by atoms with Gasteiger partial charge in [-0.15, -0.1) is 0 Å². The van der Waals surface area contributed by atoms with E-state index in [1.165, 1.54) is 91.2 Å². The van der Waals surface area contributed by atoms with E-state index in [0.29, 0.717) is 5.41 Å². The molecular weight excluding hydrogens is 324 g/mol. The van der Waals surface area contributed by atoms with Crippen molar-refractivity contribution in [3.8, 4) is 11.1 Å². The maximum Gasteiger partial charge on any atom is -0.00574 e. The maximum absolute atomic E-state index is 2.55. The maximum atomic E-state index is 2.55. The molecule has 0 aliphatic heterocycles. The van der Waals surface area contributed by atoms with Crippen LogP contribution in [0.3, 0.4) is 0 Å². The Kier molecular flexibility index (Phi) is 5.26. The van der Waals surface area contributed by atoms with Crippen molar-refractivity contribution in [1.29, 1.82) is 0 Å². The molecule has 27 heavy (non-hydrogen) atoms. The molecule has 0 radical (unpaired) electrons. The average Bonchev–Trinajstić information content (AvgIpc) is 3.03. The molecule has 0 heteroatoms. The van der Waals surface area contributed by atoms with Crippen LogP contribution >= 0.6 is 0 Å². The highest BCUT2D eigenvalue weighted by Gasteiger charge is 2.33. The zero-order chi connectivity index (χ0) is 18.9. The molecule has 2 aromatic rings. The summed E-state index contributed by atoms with van der Waals surface area (Å²) < 4.78 is 0. The Balaban J connectivity index is 1.65. The molecule has 0 nitrogen and oxygen atoms in total. The van der Waals surface area contributed by atoms with E-state index in [1.54, 1.807) is 5.57 Å². The van der Waals surface area contributed by atoms with E-state index < -0.39 is 0 Å². The zero-order valence-corrected chi connectivity index (χ0v) is 17.4. The van der Waals surface area contributed by atoms with Crippen molar-refractivity contribution in [2.24, 2.45) is 5.41 Å². The quantitative estimate of drug-likeness (QED) is 0.507. The molecule has 0 N–H and O–H groups in total. The molecule has 0 spiro atoms. The Morgan fingerprint density at radius 2 is 1.67 bits per heavy atom. The first-order valence-electron chi connectivity index (χ1n) is 11.0. The van der Waals surface area contributed by atoms with E-state index in [4.69, 9.17) is 0 Å². The lowest BCUT2D eigenvalue weighted by molar-refractivity contribution is 0.169. The van der Waals surface area contributed by atoms with Gasteiger partial charge in [-0.1, -0.05) is 91.8 Å². The molecule has 0 aromatic heterocycles. The van der Waals surface area contributed by atoms with Crippen LogP contribution in [-0.4, -0.2) is 0 Å². The van der Waals surface area contributed by atoms with Gasteiger partial charge in [0, 0.05) is 0 Å². The molecular formula is C27H34. The SMILES string of the molecule is CCCC1(CC2=Cc3c(cccc3-c3cc(C)cc(C)c3)C2)CCCCC1. The summed E-state index contributed by atoms with van der Waals surface area (Å²) in [7, 11) is 0. The van der Waals surface area contributed by atoms with Crippen molar-refractivity contribution in [2.75, 3.05) is 0 Å². The molecule has 0 unspecified atom stereocenters. The molecule has 1 fully saturated rings. The molecule has 2 aliphatic rings. The third kappa shape index (κ3) is 3.91. The summed E-state index contributed by atoms with van der Waals surface area (Å²) in [6.45, 7) is 6.78. The van der Waals surface area contributed by atoms with Crippen LogP contribution in [0.15, 0.2) is 42.0 Å². The number of fused-ring (bicyclic) bond motifs is 1. The summed E-state index contributed by atoms with van der Waals surface area (Å²) in [5.74, 6) is 0. The minimum absolute atomic E-state index is 0.584. The van der Waals surface area contributed by atoms with Crippen LogP contribution in [-0.2, 0) is 6.42 Å². The molecule has 2 aromatic carbocycles. The molecule has 0 saturated heterocycles. The second-order valence-electron chi connectivity index (χ2n) is 9.22. The summed E-state index contributed by atoms with van der Waals surface area (Å²) in [6, 6.07) is 13.9. The highest BCUT2D eigenvalue weighted by molar-refractivity contribution is 5.81. The third-order valence-electron chi connectivity index (χ3n) is 6.79. The second kappa shape index (κ2) is 7.66. The summed E-state index contributed by atoms with van der Waals surface area (Å²) in [4.78, 5) is 0. The van der Waals surface area contributed by atoms with Gasteiger partial charge in [0.15, 0.2) is 0 Å². The van der Waals surface area contributed by atoms with Crippen LogP contribution in [0.4, 0.5) is 0 Å². The van der Waals surface area contributed by atoms with Gasteiger partial charge in [-0.3, -0.25) is 0 Å². The highest BCUT2D eigenvalue weighted by Crippen LogP contribution is 2.47. The van der Waals surface area contributed by atoms with Gasteiger partial charge in [0.1, 0.15) is 0 Å². The largest absolute Gasteiger partial charge is 0.0654 e. The fourth-order valence-corrected chi connectivity index (χ4v) is 5.76. The van der Waals surface area contributed by atoms with Gasteiger partial charge in [-0.05, 0) is 73.6 Å². The van der Waals surface area contributed by atoms with Gasteiger partial charge in [0.05, 0.1) is 0 Å². The molecule has 0 heterocycles. The molecule has 0 bridgehead atoms. The first kappa shape index (κ1) is 18.5. The van der Waals surface area contributed by atoms with E-state index >= 15 is 0 Å². The summed E-state index contributed by atoms with van der Waals surface area (Å²) >= 11 is 0. The number of benzene rings is 2.